The molecule has 2 saturated carbocycles. The Morgan fingerprint density at radius 1 is 0.952 bits per heavy atom. The fourth-order valence-electron chi connectivity index (χ4n) is 6.15. The molecular weight excluding hydrogens is 614 g/mol. The third-order valence-corrected chi connectivity index (χ3v) is 9.02. The lowest BCUT2D eigenvalue weighted by Gasteiger charge is -2.41. The molecular formula is C26H23ClF6N4O4S. The van der Waals surface area contributed by atoms with E-state index in [2.05, 4.69) is 15.2 Å². The number of nitrogens with one attached hydrogen (secondary N) is 1. The summed E-state index contributed by atoms with van der Waals surface area (Å²) >= 11 is 1.05. The summed E-state index contributed by atoms with van der Waals surface area (Å²) in [5.41, 5.74) is -4.92. The van der Waals surface area contributed by atoms with Gasteiger partial charge in [-0.25, -0.2) is 4.98 Å². The molecule has 2 aliphatic rings. The largest absolute Gasteiger partial charge is 0.481 e. The molecule has 226 valence electrons. The molecule has 3 aromatic rings. The third-order valence-electron chi connectivity index (χ3n) is 7.81. The van der Waals surface area contributed by atoms with Gasteiger partial charge in [0.05, 0.1) is 17.0 Å². The first-order chi connectivity index (χ1) is 19.2. The maximum Gasteiger partial charge on any atom is 0.416 e. The van der Waals surface area contributed by atoms with Crippen molar-refractivity contribution in [3.63, 3.8) is 0 Å². The van der Waals surface area contributed by atoms with Gasteiger partial charge in [0.25, 0.3) is 0 Å². The number of thioether (sulfide) groups is 1. The van der Waals surface area contributed by atoms with E-state index < -0.39 is 77.1 Å². The standard InChI is InChI=1S/C26H22F6N4O4S.ClH/c27-25(28,29)15-7-3-1-5-13(15)10-36(11-14-6-2-4-8-16(14)26(30,31)32)24(22(39)40)9-17(41-23-33-12-34-35-23)18-19(20(18)24)21(37)38;/h1-8,12,17-20H,9-11H2,(H,37,38)(H,39,40)(H,33,34,35);1H/t17-,18-,19-,20-,24-;/m0./s1. The highest BCUT2D eigenvalue weighted by atomic mass is 35.5. The predicted molar refractivity (Wildman–Crippen MR) is 139 cm³/mol. The summed E-state index contributed by atoms with van der Waals surface area (Å²) in [6, 6.07) is 8.82. The van der Waals surface area contributed by atoms with Crippen LogP contribution in [0, 0.1) is 17.8 Å². The van der Waals surface area contributed by atoms with Crippen LogP contribution in [-0.2, 0) is 35.0 Å². The molecule has 0 radical (unpaired) electrons. The quantitative estimate of drug-likeness (QED) is 0.260. The molecule has 2 fully saturated rings. The van der Waals surface area contributed by atoms with E-state index in [0.29, 0.717) is 0 Å². The van der Waals surface area contributed by atoms with Crippen LogP contribution in [0.25, 0.3) is 0 Å². The highest BCUT2D eigenvalue weighted by Gasteiger charge is 2.76. The summed E-state index contributed by atoms with van der Waals surface area (Å²) in [4.78, 5) is 30.4. The van der Waals surface area contributed by atoms with E-state index >= 15 is 0 Å². The Bertz CT molecular complexity index is 1400. The van der Waals surface area contributed by atoms with Gasteiger partial charge in [-0.05, 0) is 35.6 Å². The number of carbonyl (C=O) groups is 2. The lowest BCUT2D eigenvalue weighted by Crippen LogP contribution is -2.56. The normalized spacial score (nSPS) is 25.1. The van der Waals surface area contributed by atoms with Crippen molar-refractivity contribution in [3.05, 3.63) is 77.1 Å². The van der Waals surface area contributed by atoms with Gasteiger partial charge < -0.3 is 10.2 Å². The molecule has 2 aromatic carbocycles. The van der Waals surface area contributed by atoms with E-state index in [4.69, 9.17) is 0 Å². The van der Waals surface area contributed by atoms with E-state index in [9.17, 15) is 46.1 Å². The van der Waals surface area contributed by atoms with Crippen molar-refractivity contribution in [2.45, 2.75) is 47.8 Å². The number of fused-ring (bicyclic) bond motifs is 1. The van der Waals surface area contributed by atoms with Crippen LogP contribution in [0.1, 0.15) is 28.7 Å². The van der Waals surface area contributed by atoms with Crippen LogP contribution in [0.3, 0.4) is 0 Å². The summed E-state index contributed by atoms with van der Waals surface area (Å²) in [5, 5.41) is 26.5. The maximum absolute atomic E-state index is 13.9. The number of aliphatic carboxylic acids is 2. The average Bonchev–Trinajstić information content (AvgIpc) is 3.25. The molecule has 0 amide bonds. The van der Waals surface area contributed by atoms with Gasteiger partial charge in [-0.1, -0.05) is 48.2 Å². The van der Waals surface area contributed by atoms with Crippen LogP contribution in [0.15, 0.2) is 60.0 Å². The second kappa shape index (κ2) is 11.4. The Hall–Kier alpha value is -3.30. The third kappa shape index (κ3) is 5.69. The summed E-state index contributed by atoms with van der Waals surface area (Å²) in [6.07, 6.45) is -8.69. The molecule has 5 rings (SSSR count). The second-order valence-electron chi connectivity index (χ2n) is 10.0. The van der Waals surface area contributed by atoms with Crippen LogP contribution < -0.4 is 0 Å². The topological polar surface area (TPSA) is 119 Å². The Labute approximate surface area is 244 Å². The minimum atomic E-state index is -4.82. The van der Waals surface area contributed by atoms with Crippen molar-refractivity contribution in [2.24, 2.45) is 17.8 Å². The Balaban J connectivity index is 0.00000405. The van der Waals surface area contributed by atoms with Gasteiger partial charge in [0.1, 0.15) is 11.9 Å². The molecule has 2 aliphatic carbocycles. The first kappa shape index (κ1) is 31.6. The van der Waals surface area contributed by atoms with E-state index in [1.54, 1.807) is 0 Å². The molecule has 3 N–H and O–H groups in total. The monoisotopic (exact) mass is 636 g/mol. The van der Waals surface area contributed by atoms with Gasteiger partial charge in [0, 0.05) is 24.3 Å². The number of carboxylic acid groups (broad SMARTS) is 2. The smallest absolute Gasteiger partial charge is 0.416 e. The zero-order chi connectivity index (χ0) is 29.7. The molecule has 0 unspecified atom stereocenters. The number of carboxylic acids is 2. The number of hydrogen-bond acceptors (Lipinski definition) is 6. The minimum absolute atomic E-state index is 0. The number of aromatic nitrogens is 3. The number of alkyl halides is 6. The zero-order valence-electron chi connectivity index (χ0n) is 21.3. The van der Waals surface area contributed by atoms with Crippen molar-refractivity contribution >= 4 is 36.1 Å². The minimum Gasteiger partial charge on any atom is -0.481 e. The van der Waals surface area contributed by atoms with Crippen LogP contribution in [0.5, 0.6) is 0 Å². The first-order valence-electron chi connectivity index (χ1n) is 12.3. The van der Waals surface area contributed by atoms with Crippen LogP contribution in [0.2, 0.25) is 0 Å². The number of aromatic amines is 1. The number of H-pyrrole nitrogens is 1. The number of nitrogens with zero attached hydrogens (tertiary/aromatic N) is 3. The lowest BCUT2D eigenvalue weighted by atomic mass is 9.86. The predicted octanol–water partition coefficient (Wildman–Crippen LogP) is 5.60. The average molecular weight is 637 g/mol. The molecule has 0 saturated heterocycles. The molecule has 0 spiro atoms. The van der Waals surface area contributed by atoms with Crippen molar-refractivity contribution in [1.82, 2.24) is 20.1 Å². The highest BCUT2D eigenvalue weighted by Crippen LogP contribution is 2.68. The van der Waals surface area contributed by atoms with Crippen molar-refractivity contribution in [3.8, 4) is 0 Å². The molecule has 8 nitrogen and oxygen atoms in total. The summed E-state index contributed by atoms with van der Waals surface area (Å²) in [7, 11) is 0. The van der Waals surface area contributed by atoms with E-state index in [0.717, 1.165) is 53.1 Å². The Morgan fingerprint density at radius 3 is 1.90 bits per heavy atom. The van der Waals surface area contributed by atoms with E-state index in [-0.39, 0.29) is 35.1 Å². The SMILES string of the molecule is Cl.O=C(O)[C@H]1[C@H]2[C@@H]1[C@@](C(=O)O)(N(Cc1ccccc1C(F)(F)F)Cc1ccccc1C(F)(F)F)C[C@@H]2Sc1ncn[nH]1. The summed E-state index contributed by atoms with van der Waals surface area (Å²) < 4.78 is 83.5. The van der Waals surface area contributed by atoms with Crippen molar-refractivity contribution in [2.75, 3.05) is 0 Å². The van der Waals surface area contributed by atoms with Gasteiger partial charge >= 0.3 is 24.3 Å². The van der Waals surface area contributed by atoms with Gasteiger partial charge in [-0.3, -0.25) is 19.6 Å². The highest BCUT2D eigenvalue weighted by molar-refractivity contribution is 7.99. The molecule has 1 aromatic heterocycles. The number of hydrogen-bond donors (Lipinski definition) is 3. The summed E-state index contributed by atoms with van der Waals surface area (Å²) in [6.45, 7) is -1.38. The number of halogens is 7. The maximum atomic E-state index is 13.9. The molecule has 42 heavy (non-hydrogen) atoms. The van der Waals surface area contributed by atoms with Crippen LogP contribution in [-0.4, -0.2) is 53.0 Å². The van der Waals surface area contributed by atoms with Crippen molar-refractivity contribution < 1.29 is 46.1 Å². The molecule has 16 heteroatoms. The Kier molecular flexibility index (Phi) is 8.60. The first-order valence-corrected chi connectivity index (χ1v) is 13.2. The number of benzene rings is 2. The van der Waals surface area contributed by atoms with Gasteiger partial charge in [0.15, 0.2) is 5.16 Å². The van der Waals surface area contributed by atoms with E-state index in [1.165, 1.54) is 18.5 Å². The molecule has 0 bridgehead atoms. The fourth-order valence-corrected chi connectivity index (χ4v) is 7.48. The van der Waals surface area contributed by atoms with E-state index in [1.807, 2.05) is 0 Å². The summed E-state index contributed by atoms with van der Waals surface area (Å²) in [5.74, 6) is -5.77. The fraction of sp³-hybridized carbons (Fsp3) is 0.385. The van der Waals surface area contributed by atoms with Gasteiger partial charge in [-0.15, -0.1) is 12.4 Å². The van der Waals surface area contributed by atoms with Crippen LogP contribution >= 0.6 is 24.2 Å². The molecule has 0 aliphatic heterocycles. The molecule has 1 heterocycles. The Morgan fingerprint density at radius 2 is 1.48 bits per heavy atom. The van der Waals surface area contributed by atoms with Crippen molar-refractivity contribution in [1.29, 1.82) is 0 Å². The van der Waals surface area contributed by atoms with Crippen LogP contribution in [0.4, 0.5) is 26.3 Å². The number of rotatable bonds is 9. The lowest BCUT2D eigenvalue weighted by molar-refractivity contribution is -0.156. The second-order valence-corrected chi connectivity index (χ2v) is 11.2. The van der Waals surface area contributed by atoms with Gasteiger partial charge in [0.2, 0.25) is 0 Å². The zero-order valence-corrected chi connectivity index (χ0v) is 22.9. The van der Waals surface area contributed by atoms with Gasteiger partial charge in [-0.2, -0.15) is 31.4 Å². The molecule has 5 atom stereocenters.